The van der Waals surface area contributed by atoms with E-state index < -0.39 is 0 Å². The molecule has 3 rings (SSSR count). The molecule has 1 heterocycles. The van der Waals surface area contributed by atoms with Crippen LogP contribution >= 0.6 is 11.6 Å². The molecule has 2 aromatic rings. The molecule has 23 heavy (non-hydrogen) atoms. The Hall–Kier alpha value is -2.40. The quantitative estimate of drug-likeness (QED) is 0.934. The van der Waals surface area contributed by atoms with Gasteiger partial charge in [0.05, 0.1) is 19.2 Å². The van der Waals surface area contributed by atoms with Gasteiger partial charge in [-0.2, -0.15) is 0 Å². The third kappa shape index (κ3) is 3.51. The number of para-hydroxylation sites is 2. The van der Waals surface area contributed by atoms with Gasteiger partial charge in [0.2, 0.25) is 0 Å². The number of rotatable bonds is 4. The van der Waals surface area contributed by atoms with Crippen LogP contribution in [0, 0.1) is 0 Å². The molecule has 0 aliphatic carbocycles. The molecule has 1 aliphatic rings. The van der Waals surface area contributed by atoms with E-state index in [4.69, 9.17) is 25.8 Å². The molecule has 0 fully saturated rings. The molecule has 120 valence electrons. The summed E-state index contributed by atoms with van der Waals surface area (Å²) in [6, 6.07) is 12.4. The summed E-state index contributed by atoms with van der Waals surface area (Å²) >= 11 is 5.94. The van der Waals surface area contributed by atoms with E-state index in [1.165, 1.54) is 7.11 Å². The summed E-state index contributed by atoms with van der Waals surface area (Å²) in [6.07, 6.45) is -0.251. The van der Waals surface area contributed by atoms with E-state index in [2.05, 4.69) is 5.32 Å². The van der Waals surface area contributed by atoms with Crippen molar-refractivity contribution in [2.45, 2.75) is 6.10 Å². The van der Waals surface area contributed by atoms with Crippen molar-refractivity contribution in [3.8, 4) is 17.2 Å². The third-order valence-corrected chi connectivity index (χ3v) is 3.70. The summed E-state index contributed by atoms with van der Waals surface area (Å²) in [5, 5.41) is 3.29. The van der Waals surface area contributed by atoms with E-state index in [9.17, 15) is 4.79 Å². The van der Waals surface area contributed by atoms with Crippen LogP contribution in [0.2, 0.25) is 5.02 Å². The van der Waals surface area contributed by atoms with Crippen LogP contribution in [0.5, 0.6) is 17.2 Å². The van der Waals surface area contributed by atoms with Gasteiger partial charge in [-0.3, -0.25) is 4.79 Å². The Kier molecular flexibility index (Phi) is 4.57. The highest BCUT2D eigenvalue weighted by Gasteiger charge is 2.22. The summed E-state index contributed by atoms with van der Waals surface area (Å²) in [5.41, 5.74) is 0.386. The second-order valence-corrected chi connectivity index (χ2v) is 5.49. The smallest absolute Gasteiger partial charge is 0.255 e. The van der Waals surface area contributed by atoms with Gasteiger partial charge >= 0.3 is 0 Å². The fraction of sp³-hybridized carbons (Fsp3) is 0.235. The van der Waals surface area contributed by atoms with Crippen LogP contribution in [0.15, 0.2) is 42.5 Å². The number of amides is 1. The number of halogens is 1. The van der Waals surface area contributed by atoms with Crippen LogP contribution in [0.25, 0.3) is 0 Å². The molecular weight excluding hydrogens is 318 g/mol. The maximum Gasteiger partial charge on any atom is 0.255 e. The lowest BCUT2D eigenvalue weighted by Gasteiger charge is -2.26. The van der Waals surface area contributed by atoms with Crippen LogP contribution in [0.4, 0.5) is 0 Å². The van der Waals surface area contributed by atoms with Gasteiger partial charge in [-0.25, -0.2) is 0 Å². The van der Waals surface area contributed by atoms with Gasteiger partial charge in [0.25, 0.3) is 5.91 Å². The molecule has 1 amide bonds. The Balaban J connectivity index is 1.63. The first-order valence-electron chi connectivity index (χ1n) is 7.17. The van der Waals surface area contributed by atoms with Crippen molar-refractivity contribution < 1.29 is 19.0 Å². The van der Waals surface area contributed by atoms with E-state index in [0.717, 1.165) is 0 Å². The lowest BCUT2D eigenvalue weighted by molar-refractivity contribution is 0.0787. The number of carbonyl (C=O) groups excluding carboxylic acids is 1. The highest BCUT2D eigenvalue weighted by Crippen LogP contribution is 2.30. The largest absolute Gasteiger partial charge is 0.496 e. The summed E-state index contributed by atoms with van der Waals surface area (Å²) in [7, 11) is 1.51. The topological polar surface area (TPSA) is 56.8 Å². The Morgan fingerprint density at radius 3 is 2.87 bits per heavy atom. The summed E-state index contributed by atoms with van der Waals surface area (Å²) in [5.74, 6) is 1.59. The molecule has 2 aromatic carbocycles. The number of methoxy groups -OCH3 is 1. The monoisotopic (exact) mass is 333 g/mol. The molecule has 0 bridgehead atoms. The van der Waals surface area contributed by atoms with Gasteiger partial charge in [-0.15, -0.1) is 0 Å². The molecule has 1 aliphatic heterocycles. The van der Waals surface area contributed by atoms with E-state index in [1.54, 1.807) is 18.2 Å². The molecule has 6 heteroatoms. The van der Waals surface area contributed by atoms with Crippen molar-refractivity contribution in [2.24, 2.45) is 0 Å². The number of fused-ring (bicyclic) bond motifs is 1. The first kappa shape index (κ1) is 15.5. The maximum atomic E-state index is 12.3. The number of ether oxygens (including phenoxy) is 3. The third-order valence-electron chi connectivity index (χ3n) is 3.46. The minimum absolute atomic E-state index is 0.251. The molecule has 0 spiro atoms. The van der Waals surface area contributed by atoms with Gasteiger partial charge < -0.3 is 19.5 Å². The second-order valence-electron chi connectivity index (χ2n) is 5.05. The highest BCUT2D eigenvalue weighted by atomic mass is 35.5. The number of hydrogen-bond donors (Lipinski definition) is 1. The standard InChI is InChI=1S/C17H16ClNO4/c1-21-14-7-6-11(18)8-13(14)17(20)19-9-12-10-22-15-4-2-3-5-16(15)23-12/h2-8,12H,9-10H2,1H3,(H,19,20). The first-order valence-corrected chi connectivity index (χ1v) is 7.55. The number of hydrogen-bond acceptors (Lipinski definition) is 4. The lowest BCUT2D eigenvalue weighted by Crippen LogP contribution is -2.40. The zero-order chi connectivity index (χ0) is 16.2. The van der Waals surface area contributed by atoms with E-state index in [1.807, 2.05) is 24.3 Å². The Bertz CT molecular complexity index is 719. The van der Waals surface area contributed by atoms with E-state index >= 15 is 0 Å². The van der Waals surface area contributed by atoms with Crippen LogP contribution in [0.1, 0.15) is 10.4 Å². The van der Waals surface area contributed by atoms with Gasteiger partial charge in [-0.1, -0.05) is 23.7 Å². The summed E-state index contributed by atoms with van der Waals surface area (Å²) < 4.78 is 16.6. The van der Waals surface area contributed by atoms with Gasteiger partial charge in [-0.05, 0) is 30.3 Å². The Morgan fingerprint density at radius 2 is 2.09 bits per heavy atom. The molecule has 0 saturated heterocycles. The van der Waals surface area contributed by atoms with Gasteiger partial charge in [0.15, 0.2) is 11.5 Å². The number of carbonyl (C=O) groups is 1. The van der Waals surface area contributed by atoms with Crippen LogP contribution in [0.3, 0.4) is 0 Å². The number of nitrogens with one attached hydrogen (secondary N) is 1. The van der Waals surface area contributed by atoms with Crippen molar-refractivity contribution in [1.82, 2.24) is 5.32 Å². The average molecular weight is 334 g/mol. The molecule has 0 saturated carbocycles. The molecule has 5 nitrogen and oxygen atoms in total. The predicted molar refractivity (Wildman–Crippen MR) is 86.7 cm³/mol. The van der Waals surface area contributed by atoms with Crippen molar-refractivity contribution in [3.63, 3.8) is 0 Å². The zero-order valence-corrected chi connectivity index (χ0v) is 13.3. The van der Waals surface area contributed by atoms with E-state index in [0.29, 0.717) is 41.0 Å². The summed E-state index contributed by atoms with van der Waals surface area (Å²) in [6.45, 7) is 0.701. The van der Waals surface area contributed by atoms with Crippen LogP contribution in [-0.2, 0) is 0 Å². The second kappa shape index (κ2) is 6.79. The summed E-state index contributed by atoms with van der Waals surface area (Å²) in [4.78, 5) is 12.3. The number of benzene rings is 2. The maximum absolute atomic E-state index is 12.3. The first-order chi connectivity index (χ1) is 11.2. The molecule has 0 radical (unpaired) electrons. The van der Waals surface area contributed by atoms with Crippen molar-refractivity contribution in [1.29, 1.82) is 0 Å². The molecule has 1 unspecified atom stereocenters. The average Bonchev–Trinajstić information content (AvgIpc) is 2.59. The fourth-order valence-corrected chi connectivity index (χ4v) is 2.50. The minimum atomic E-state index is -0.271. The SMILES string of the molecule is COc1ccc(Cl)cc1C(=O)NCC1COc2ccccc2O1. The van der Waals surface area contributed by atoms with Gasteiger partial charge in [0, 0.05) is 5.02 Å². The molecule has 1 N–H and O–H groups in total. The fourth-order valence-electron chi connectivity index (χ4n) is 2.32. The Morgan fingerprint density at radius 1 is 1.30 bits per heavy atom. The molecular formula is C17H16ClNO4. The molecule has 1 atom stereocenters. The molecule has 0 aromatic heterocycles. The van der Waals surface area contributed by atoms with Crippen molar-refractivity contribution in [3.05, 3.63) is 53.1 Å². The predicted octanol–water partition coefficient (Wildman–Crippen LogP) is 2.92. The lowest BCUT2D eigenvalue weighted by atomic mass is 10.2. The normalized spacial score (nSPS) is 15.8. The highest BCUT2D eigenvalue weighted by molar-refractivity contribution is 6.31. The zero-order valence-electron chi connectivity index (χ0n) is 12.5. The van der Waals surface area contributed by atoms with Crippen LogP contribution < -0.4 is 19.5 Å². The Labute approximate surface area is 139 Å². The van der Waals surface area contributed by atoms with Crippen LogP contribution in [-0.4, -0.2) is 32.3 Å². The van der Waals surface area contributed by atoms with Crippen molar-refractivity contribution >= 4 is 17.5 Å². The minimum Gasteiger partial charge on any atom is -0.496 e. The van der Waals surface area contributed by atoms with Crippen molar-refractivity contribution in [2.75, 3.05) is 20.3 Å². The van der Waals surface area contributed by atoms with E-state index in [-0.39, 0.29) is 12.0 Å². The van der Waals surface area contributed by atoms with Gasteiger partial charge in [0.1, 0.15) is 18.5 Å².